The van der Waals surface area contributed by atoms with Gasteiger partial charge in [-0.25, -0.2) is 13.1 Å². The van der Waals surface area contributed by atoms with Crippen molar-refractivity contribution in [2.24, 2.45) is 0 Å². The molecule has 0 aliphatic heterocycles. The first kappa shape index (κ1) is 15.8. The number of nitrogens with two attached hydrogens (primary N) is 1. The topological polar surface area (TPSA) is 81.4 Å². The number of para-hydroxylation sites is 2. The molecule has 1 aromatic rings. The van der Waals surface area contributed by atoms with E-state index in [4.69, 9.17) is 10.5 Å². The third-order valence-electron chi connectivity index (χ3n) is 2.63. The number of hydrogen-bond acceptors (Lipinski definition) is 4. The highest BCUT2D eigenvalue weighted by Crippen LogP contribution is 2.19. The van der Waals surface area contributed by atoms with Crippen LogP contribution in [0.25, 0.3) is 0 Å². The van der Waals surface area contributed by atoms with E-state index in [1.807, 2.05) is 0 Å². The fraction of sp³-hybridized carbons (Fsp3) is 0.538. The first-order valence-corrected chi connectivity index (χ1v) is 8.15. The van der Waals surface area contributed by atoms with Gasteiger partial charge >= 0.3 is 0 Å². The summed E-state index contributed by atoms with van der Waals surface area (Å²) in [7, 11) is -3.26. The summed E-state index contributed by atoms with van der Waals surface area (Å²) in [6.07, 6.45) is 2.96. The average molecular weight is 286 g/mol. The standard InChI is InChI=1S/C13H22N2O3S/c1-2-3-6-9-15-19(16,17)11-10-18-13-8-5-4-7-12(13)14/h4-5,7-8,15H,2-3,6,9-11,14H2,1H3. The molecule has 0 spiro atoms. The van der Waals surface area contributed by atoms with Crippen LogP contribution in [0.4, 0.5) is 5.69 Å². The van der Waals surface area contributed by atoms with E-state index < -0.39 is 10.0 Å². The number of nitrogen functional groups attached to an aromatic ring is 1. The van der Waals surface area contributed by atoms with E-state index in [-0.39, 0.29) is 12.4 Å². The number of ether oxygens (including phenoxy) is 1. The molecule has 0 fully saturated rings. The van der Waals surface area contributed by atoms with E-state index in [1.165, 1.54) is 0 Å². The molecule has 0 heterocycles. The van der Waals surface area contributed by atoms with Crippen molar-refractivity contribution in [2.45, 2.75) is 26.2 Å². The van der Waals surface area contributed by atoms with Gasteiger partial charge < -0.3 is 10.5 Å². The van der Waals surface area contributed by atoms with Gasteiger partial charge in [0.25, 0.3) is 0 Å². The summed E-state index contributed by atoms with van der Waals surface area (Å²) in [5.41, 5.74) is 6.20. The summed E-state index contributed by atoms with van der Waals surface area (Å²) in [4.78, 5) is 0. The predicted octanol–water partition coefficient (Wildman–Crippen LogP) is 1.76. The lowest BCUT2D eigenvalue weighted by Crippen LogP contribution is -2.29. The molecule has 0 aromatic heterocycles. The number of sulfonamides is 1. The molecule has 0 saturated carbocycles. The molecule has 6 heteroatoms. The molecule has 0 aliphatic carbocycles. The smallest absolute Gasteiger partial charge is 0.214 e. The molecule has 0 radical (unpaired) electrons. The van der Waals surface area contributed by atoms with Crippen molar-refractivity contribution in [2.75, 3.05) is 24.6 Å². The van der Waals surface area contributed by atoms with E-state index in [0.29, 0.717) is 18.0 Å². The Hall–Kier alpha value is -1.27. The van der Waals surface area contributed by atoms with Gasteiger partial charge in [0.15, 0.2) is 0 Å². The molecule has 0 unspecified atom stereocenters. The van der Waals surface area contributed by atoms with Crippen molar-refractivity contribution in [1.82, 2.24) is 4.72 Å². The summed E-state index contributed by atoms with van der Waals surface area (Å²) in [6.45, 7) is 2.66. The minimum atomic E-state index is -3.26. The van der Waals surface area contributed by atoms with Crippen molar-refractivity contribution in [1.29, 1.82) is 0 Å². The van der Waals surface area contributed by atoms with Crippen molar-refractivity contribution in [3.05, 3.63) is 24.3 Å². The quantitative estimate of drug-likeness (QED) is 0.535. The van der Waals surface area contributed by atoms with Crippen LogP contribution in [0.5, 0.6) is 5.75 Å². The highest BCUT2D eigenvalue weighted by Gasteiger charge is 2.10. The lowest BCUT2D eigenvalue weighted by atomic mass is 10.3. The molecule has 19 heavy (non-hydrogen) atoms. The first-order chi connectivity index (χ1) is 9.05. The van der Waals surface area contributed by atoms with Gasteiger partial charge in [0.1, 0.15) is 12.4 Å². The van der Waals surface area contributed by atoms with E-state index in [0.717, 1.165) is 19.3 Å². The Morgan fingerprint density at radius 2 is 2.00 bits per heavy atom. The number of anilines is 1. The van der Waals surface area contributed by atoms with Gasteiger partial charge in [-0.05, 0) is 18.6 Å². The predicted molar refractivity (Wildman–Crippen MR) is 77.7 cm³/mol. The molecule has 1 aromatic carbocycles. The van der Waals surface area contributed by atoms with Crippen LogP contribution in [0.1, 0.15) is 26.2 Å². The molecular formula is C13H22N2O3S. The van der Waals surface area contributed by atoms with Crippen molar-refractivity contribution in [3.8, 4) is 5.75 Å². The van der Waals surface area contributed by atoms with Crippen LogP contribution in [0.2, 0.25) is 0 Å². The Morgan fingerprint density at radius 1 is 1.26 bits per heavy atom. The largest absolute Gasteiger partial charge is 0.490 e. The van der Waals surface area contributed by atoms with E-state index in [1.54, 1.807) is 24.3 Å². The second-order valence-electron chi connectivity index (χ2n) is 4.31. The highest BCUT2D eigenvalue weighted by molar-refractivity contribution is 7.89. The van der Waals surface area contributed by atoms with Crippen LogP contribution >= 0.6 is 0 Å². The van der Waals surface area contributed by atoms with E-state index in [2.05, 4.69) is 11.6 Å². The fourth-order valence-electron chi connectivity index (χ4n) is 1.55. The molecule has 108 valence electrons. The molecule has 5 nitrogen and oxygen atoms in total. The molecule has 1 rings (SSSR count). The zero-order valence-electron chi connectivity index (χ0n) is 11.3. The highest BCUT2D eigenvalue weighted by atomic mass is 32.2. The summed E-state index contributed by atoms with van der Waals surface area (Å²) in [5, 5.41) is 0. The Bertz CT molecular complexity index is 475. The normalized spacial score (nSPS) is 11.4. The SMILES string of the molecule is CCCCCNS(=O)(=O)CCOc1ccccc1N. The molecule has 0 aliphatic rings. The molecule has 0 saturated heterocycles. The maximum absolute atomic E-state index is 11.6. The maximum atomic E-state index is 11.6. The summed E-state index contributed by atoms with van der Waals surface area (Å²) in [5.74, 6) is 0.455. The zero-order chi connectivity index (χ0) is 14.1. The van der Waals surface area contributed by atoms with Crippen LogP contribution in [-0.4, -0.2) is 27.3 Å². The number of rotatable bonds is 9. The molecule has 0 atom stereocenters. The van der Waals surface area contributed by atoms with Crippen LogP contribution in [-0.2, 0) is 10.0 Å². The zero-order valence-corrected chi connectivity index (χ0v) is 12.1. The van der Waals surface area contributed by atoms with Gasteiger partial charge in [-0.15, -0.1) is 0 Å². The maximum Gasteiger partial charge on any atom is 0.214 e. The van der Waals surface area contributed by atoms with Crippen molar-refractivity contribution in [3.63, 3.8) is 0 Å². The lowest BCUT2D eigenvalue weighted by molar-refractivity contribution is 0.342. The second-order valence-corrected chi connectivity index (χ2v) is 6.23. The summed E-state index contributed by atoms with van der Waals surface area (Å²) < 4.78 is 31.2. The Labute approximate surface area is 115 Å². The number of unbranched alkanes of at least 4 members (excludes halogenated alkanes) is 2. The first-order valence-electron chi connectivity index (χ1n) is 6.50. The number of nitrogens with one attached hydrogen (secondary N) is 1. The van der Waals surface area contributed by atoms with Crippen LogP contribution in [0.3, 0.4) is 0 Å². The third-order valence-corrected chi connectivity index (χ3v) is 3.98. The van der Waals surface area contributed by atoms with Crippen LogP contribution in [0, 0.1) is 0 Å². The van der Waals surface area contributed by atoms with Gasteiger partial charge in [0.05, 0.1) is 11.4 Å². The fourth-order valence-corrected chi connectivity index (χ4v) is 2.45. The van der Waals surface area contributed by atoms with Crippen molar-refractivity contribution < 1.29 is 13.2 Å². The van der Waals surface area contributed by atoms with Gasteiger partial charge in [-0.1, -0.05) is 31.9 Å². The Morgan fingerprint density at radius 3 is 2.68 bits per heavy atom. The molecule has 0 bridgehead atoms. The summed E-state index contributed by atoms with van der Waals surface area (Å²) >= 11 is 0. The monoisotopic (exact) mass is 286 g/mol. The Kier molecular flexibility index (Phi) is 6.66. The average Bonchev–Trinajstić information content (AvgIpc) is 2.37. The minimum absolute atomic E-state index is 0.0620. The second kappa shape index (κ2) is 8.01. The van der Waals surface area contributed by atoms with Crippen LogP contribution < -0.4 is 15.2 Å². The van der Waals surface area contributed by atoms with E-state index >= 15 is 0 Å². The van der Waals surface area contributed by atoms with Gasteiger partial charge in [-0.2, -0.15) is 0 Å². The number of hydrogen-bond donors (Lipinski definition) is 2. The molecular weight excluding hydrogens is 264 g/mol. The summed E-state index contributed by atoms with van der Waals surface area (Å²) in [6, 6.07) is 7.03. The van der Waals surface area contributed by atoms with E-state index in [9.17, 15) is 8.42 Å². The minimum Gasteiger partial charge on any atom is -0.490 e. The number of benzene rings is 1. The Balaban J connectivity index is 2.30. The molecule has 0 amide bonds. The van der Waals surface area contributed by atoms with Gasteiger partial charge in [0.2, 0.25) is 10.0 Å². The van der Waals surface area contributed by atoms with Crippen molar-refractivity contribution >= 4 is 15.7 Å². The third kappa shape index (κ3) is 6.45. The molecule has 3 N–H and O–H groups in total. The van der Waals surface area contributed by atoms with Gasteiger partial charge in [-0.3, -0.25) is 0 Å². The van der Waals surface area contributed by atoms with Crippen LogP contribution in [0.15, 0.2) is 24.3 Å². The lowest BCUT2D eigenvalue weighted by Gasteiger charge is -2.09. The van der Waals surface area contributed by atoms with Gasteiger partial charge in [0, 0.05) is 6.54 Å².